The summed E-state index contributed by atoms with van der Waals surface area (Å²) in [5.41, 5.74) is 17.0. The monoisotopic (exact) mass is 674 g/mol. The Morgan fingerprint density at radius 2 is 1.06 bits per heavy atom. The molecule has 0 saturated carbocycles. The first-order valence-corrected chi connectivity index (χ1v) is 17.8. The van der Waals surface area contributed by atoms with Gasteiger partial charge in [-0.15, -0.1) is 0 Å². The molecule has 6 aromatic carbocycles. The van der Waals surface area contributed by atoms with E-state index in [1.165, 1.54) is 11.1 Å². The number of ether oxygens (including phenoxy) is 3. The second kappa shape index (κ2) is 14.1. The van der Waals surface area contributed by atoms with Gasteiger partial charge in [-0.2, -0.15) is 0 Å². The van der Waals surface area contributed by atoms with E-state index < -0.39 is 0 Å². The molecule has 0 saturated heterocycles. The lowest BCUT2D eigenvalue weighted by Crippen LogP contribution is -2.31. The molecule has 0 aromatic heterocycles. The van der Waals surface area contributed by atoms with Crippen molar-refractivity contribution in [2.75, 3.05) is 13.2 Å². The fraction of sp³-hybridized carbons (Fsp3) is 0.234. The van der Waals surface area contributed by atoms with Crippen molar-refractivity contribution in [2.24, 2.45) is 0 Å². The lowest BCUT2D eigenvalue weighted by Gasteiger charge is -2.28. The molecule has 1 atom stereocenters. The van der Waals surface area contributed by atoms with Crippen molar-refractivity contribution >= 4 is 0 Å². The minimum absolute atomic E-state index is 0.276. The van der Waals surface area contributed by atoms with E-state index in [-0.39, 0.29) is 11.9 Å². The third-order valence-electron chi connectivity index (χ3n) is 9.86. The molecule has 0 radical (unpaired) electrons. The Balaban J connectivity index is 1.21. The number of phenolic OH excluding ortho intramolecular Hbond substituents is 1. The Morgan fingerprint density at radius 1 is 0.549 bits per heavy atom. The van der Waals surface area contributed by atoms with Crippen LogP contribution in [0.3, 0.4) is 0 Å². The average Bonchev–Trinajstić information content (AvgIpc) is 3.10. The molecule has 6 aromatic rings. The first kappa shape index (κ1) is 34.1. The van der Waals surface area contributed by atoms with Crippen LogP contribution in [-0.4, -0.2) is 24.4 Å². The zero-order valence-corrected chi connectivity index (χ0v) is 30.7. The molecular formula is C47H46O4. The number of phenols is 1. The molecule has 51 heavy (non-hydrogen) atoms. The van der Waals surface area contributed by atoms with Crippen LogP contribution in [-0.2, 0) is 11.3 Å². The van der Waals surface area contributed by atoms with Gasteiger partial charge in [-0.05, 0) is 129 Å². The van der Waals surface area contributed by atoms with E-state index in [0.717, 1.165) is 89.4 Å². The Bertz CT molecular complexity index is 2250. The summed E-state index contributed by atoms with van der Waals surface area (Å²) in [5, 5.41) is 11.7. The molecule has 0 fully saturated rings. The summed E-state index contributed by atoms with van der Waals surface area (Å²) in [7, 11) is 0. The molecule has 1 unspecified atom stereocenters. The standard InChI is InChI=1S/C47H46O4/c1-28-12-15-33(6)38(18-28)42-22-31(4)21-41(46(42)48)37-11-9-8-10-35(37)25-49-26-36-27-50-45-17-14-30(3)20-40(45)44-24-32(5)23-43(47(44)51-36)39-19-29(2)13-16-34(39)7/h8-24,36,48H,25-27H2,1-7H3. The van der Waals surface area contributed by atoms with Crippen molar-refractivity contribution in [3.05, 3.63) is 148 Å². The number of benzene rings is 6. The van der Waals surface area contributed by atoms with Gasteiger partial charge in [-0.1, -0.05) is 83.4 Å². The Morgan fingerprint density at radius 3 is 1.73 bits per heavy atom. The molecule has 1 aliphatic rings. The van der Waals surface area contributed by atoms with Crippen molar-refractivity contribution in [1.82, 2.24) is 0 Å². The van der Waals surface area contributed by atoms with Crippen LogP contribution in [0.25, 0.3) is 44.5 Å². The highest BCUT2D eigenvalue weighted by atomic mass is 16.6. The van der Waals surface area contributed by atoms with E-state index in [0.29, 0.717) is 19.8 Å². The van der Waals surface area contributed by atoms with E-state index >= 15 is 0 Å². The molecule has 1 aliphatic heterocycles. The van der Waals surface area contributed by atoms with Crippen LogP contribution in [0.15, 0.2) is 103 Å². The smallest absolute Gasteiger partial charge is 0.156 e. The topological polar surface area (TPSA) is 47.9 Å². The molecule has 0 bridgehead atoms. The van der Waals surface area contributed by atoms with Gasteiger partial charge in [-0.25, -0.2) is 0 Å². The van der Waals surface area contributed by atoms with E-state index in [1.54, 1.807) is 0 Å². The Labute approximate surface area is 302 Å². The summed E-state index contributed by atoms with van der Waals surface area (Å²) in [6.45, 7) is 15.8. The number of rotatable bonds is 7. The zero-order chi connectivity index (χ0) is 35.8. The van der Waals surface area contributed by atoms with E-state index in [1.807, 2.05) is 12.1 Å². The number of hydrogen-bond donors (Lipinski definition) is 1. The quantitative estimate of drug-likeness (QED) is 0.183. The lowest BCUT2D eigenvalue weighted by atomic mass is 9.90. The Kier molecular flexibility index (Phi) is 9.46. The second-order valence-corrected chi connectivity index (χ2v) is 14.3. The molecule has 1 N–H and O–H groups in total. The number of fused-ring (bicyclic) bond motifs is 3. The van der Waals surface area contributed by atoms with Crippen molar-refractivity contribution in [3.8, 4) is 61.8 Å². The van der Waals surface area contributed by atoms with Gasteiger partial charge in [0, 0.05) is 27.8 Å². The number of aromatic hydroxyl groups is 1. The fourth-order valence-corrected chi connectivity index (χ4v) is 7.20. The molecule has 1 heterocycles. The highest BCUT2D eigenvalue weighted by Gasteiger charge is 2.26. The minimum atomic E-state index is -0.361. The second-order valence-electron chi connectivity index (χ2n) is 14.3. The molecule has 0 amide bonds. The molecule has 4 nitrogen and oxygen atoms in total. The number of aryl methyl sites for hydroxylation is 7. The van der Waals surface area contributed by atoms with Crippen molar-refractivity contribution in [2.45, 2.75) is 61.2 Å². The summed E-state index contributed by atoms with van der Waals surface area (Å²) in [5.74, 6) is 1.97. The van der Waals surface area contributed by atoms with E-state index in [4.69, 9.17) is 14.2 Å². The van der Waals surface area contributed by atoms with Crippen molar-refractivity contribution in [3.63, 3.8) is 0 Å². The summed E-state index contributed by atoms with van der Waals surface area (Å²) < 4.78 is 19.9. The summed E-state index contributed by atoms with van der Waals surface area (Å²) in [4.78, 5) is 0. The maximum atomic E-state index is 11.7. The third kappa shape index (κ3) is 7.02. The molecule has 258 valence electrons. The zero-order valence-electron chi connectivity index (χ0n) is 30.7. The van der Waals surface area contributed by atoms with Crippen LogP contribution in [0.2, 0.25) is 0 Å². The maximum Gasteiger partial charge on any atom is 0.156 e. The van der Waals surface area contributed by atoms with E-state index in [9.17, 15) is 5.11 Å². The summed E-state index contributed by atoms with van der Waals surface area (Å²) in [6.07, 6.45) is -0.361. The maximum absolute atomic E-state index is 11.7. The average molecular weight is 675 g/mol. The molecule has 0 spiro atoms. The van der Waals surface area contributed by atoms with Crippen LogP contribution in [0.1, 0.15) is 44.5 Å². The predicted octanol–water partition coefficient (Wildman–Crippen LogP) is 11.6. The fourth-order valence-electron chi connectivity index (χ4n) is 7.20. The van der Waals surface area contributed by atoms with E-state index in [2.05, 4.69) is 139 Å². The van der Waals surface area contributed by atoms with Gasteiger partial charge in [0.15, 0.2) is 6.10 Å². The highest BCUT2D eigenvalue weighted by molar-refractivity contribution is 5.88. The Hall–Kier alpha value is -5.32. The van der Waals surface area contributed by atoms with Gasteiger partial charge in [0.25, 0.3) is 0 Å². The normalized spacial score (nSPS) is 13.7. The summed E-state index contributed by atoms with van der Waals surface area (Å²) in [6, 6.07) is 36.0. The van der Waals surface area contributed by atoms with Gasteiger partial charge < -0.3 is 19.3 Å². The molecular weight excluding hydrogens is 629 g/mol. The molecule has 7 rings (SSSR count). The SMILES string of the molecule is Cc1ccc(C)c(-c2cc(C)cc(-c3ccccc3COCC3COc4ccc(C)cc4-c4cc(C)cc(-c5cc(C)ccc5C)c4O3)c2O)c1. The predicted molar refractivity (Wildman–Crippen MR) is 209 cm³/mol. The molecule has 4 heteroatoms. The van der Waals surface area contributed by atoms with Gasteiger partial charge in [0.2, 0.25) is 0 Å². The van der Waals surface area contributed by atoms with Crippen LogP contribution in [0, 0.1) is 48.5 Å². The minimum Gasteiger partial charge on any atom is -0.507 e. The van der Waals surface area contributed by atoms with Gasteiger partial charge in [-0.3, -0.25) is 0 Å². The summed E-state index contributed by atoms with van der Waals surface area (Å²) >= 11 is 0. The first-order valence-electron chi connectivity index (χ1n) is 17.8. The van der Waals surface area contributed by atoms with Crippen LogP contribution < -0.4 is 9.47 Å². The third-order valence-corrected chi connectivity index (χ3v) is 9.86. The lowest BCUT2D eigenvalue weighted by molar-refractivity contribution is 0.0183. The van der Waals surface area contributed by atoms with Crippen LogP contribution in [0.5, 0.6) is 17.2 Å². The van der Waals surface area contributed by atoms with Crippen LogP contribution >= 0.6 is 0 Å². The van der Waals surface area contributed by atoms with Crippen molar-refractivity contribution in [1.29, 1.82) is 0 Å². The van der Waals surface area contributed by atoms with Gasteiger partial charge in [0.1, 0.15) is 23.9 Å². The highest BCUT2D eigenvalue weighted by Crippen LogP contribution is 2.46. The van der Waals surface area contributed by atoms with Gasteiger partial charge >= 0.3 is 0 Å². The van der Waals surface area contributed by atoms with Crippen LogP contribution in [0.4, 0.5) is 0 Å². The van der Waals surface area contributed by atoms with Crippen molar-refractivity contribution < 1.29 is 19.3 Å². The molecule has 0 aliphatic carbocycles. The number of hydrogen-bond acceptors (Lipinski definition) is 4. The largest absolute Gasteiger partial charge is 0.507 e. The van der Waals surface area contributed by atoms with Gasteiger partial charge in [0.05, 0.1) is 13.2 Å². The first-order chi connectivity index (χ1) is 24.5.